The van der Waals surface area contributed by atoms with Crippen LogP contribution in [-0.2, 0) is 6.54 Å². The quantitative estimate of drug-likeness (QED) is 0.311. The van der Waals surface area contributed by atoms with Gasteiger partial charge in [-0.15, -0.1) is 0 Å². The molecule has 0 amide bonds. The summed E-state index contributed by atoms with van der Waals surface area (Å²) in [6.45, 7) is 3.09. The normalized spacial score (nSPS) is 13.1. The fourth-order valence-corrected chi connectivity index (χ4v) is 4.50. The molecule has 1 unspecified atom stereocenters. The van der Waals surface area contributed by atoms with E-state index in [1.807, 2.05) is 42.5 Å². The molecule has 0 fully saturated rings. The van der Waals surface area contributed by atoms with Gasteiger partial charge in [0.1, 0.15) is 0 Å². The predicted molar refractivity (Wildman–Crippen MR) is 136 cm³/mol. The molecule has 0 radical (unpaired) electrons. The minimum Gasteiger partial charge on any atom is -0.493 e. The Labute approximate surface area is 210 Å². The fraction of sp³-hybridized carbons (Fsp3) is 0.308. The Bertz CT molecular complexity index is 1080. The third kappa shape index (κ3) is 6.56. The number of halogens is 3. The molecule has 3 aromatic carbocycles. The van der Waals surface area contributed by atoms with E-state index in [1.165, 1.54) is 0 Å². The van der Waals surface area contributed by atoms with Gasteiger partial charge < -0.3 is 14.6 Å². The van der Waals surface area contributed by atoms with E-state index >= 15 is 0 Å². The maximum atomic E-state index is 11.1. The van der Waals surface area contributed by atoms with Gasteiger partial charge in [-0.25, -0.2) is 0 Å². The van der Waals surface area contributed by atoms with Gasteiger partial charge in [0.15, 0.2) is 11.5 Å². The summed E-state index contributed by atoms with van der Waals surface area (Å²) in [7, 11) is 3.24. The lowest BCUT2D eigenvalue weighted by atomic mass is 9.99. The van der Waals surface area contributed by atoms with Crippen LogP contribution in [0.5, 0.6) is 11.5 Å². The van der Waals surface area contributed by atoms with Crippen molar-refractivity contribution >= 4 is 34.8 Å². The molecule has 0 saturated heterocycles. The molecule has 0 aliphatic heterocycles. The molecule has 0 bridgehead atoms. The van der Waals surface area contributed by atoms with Crippen LogP contribution in [0.25, 0.3) is 0 Å². The lowest BCUT2D eigenvalue weighted by molar-refractivity contribution is 0.0791. The first kappa shape index (κ1) is 25.7. The monoisotopic (exact) mass is 507 g/mol. The molecular weight excluding hydrogens is 481 g/mol. The van der Waals surface area contributed by atoms with E-state index < -0.39 is 6.10 Å². The van der Waals surface area contributed by atoms with Crippen LogP contribution in [0, 0.1) is 0 Å². The van der Waals surface area contributed by atoms with Crippen molar-refractivity contribution in [1.29, 1.82) is 0 Å². The van der Waals surface area contributed by atoms with Crippen LogP contribution in [0.1, 0.15) is 42.2 Å². The Hall–Kier alpha value is -1.95. The number of aliphatic hydroxyl groups excluding tert-OH is 1. The molecule has 7 heteroatoms. The van der Waals surface area contributed by atoms with Gasteiger partial charge in [0, 0.05) is 24.2 Å². The molecule has 176 valence electrons. The summed E-state index contributed by atoms with van der Waals surface area (Å²) < 4.78 is 10.9. The van der Waals surface area contributed by atoms with Gasteiger partial charge in [0.05, 0.1) is 30.4 Å². The summed E-state index contributed by atoms with van der Waals surface area (Å²) in [6.07, 6.45) is 0.0969. The van der Waals surface area contributed by atoms with E-state index in [0.717, 1.165) is 23.1 Å². The van der Waals surface area contributed by atoms with Gasteiger partial charge in [-0.3, -0.25) is 4.90 Å². The molecular formula is C26H28Cl3NO3. The van der Waals surface area contributed by atoms with E-state index in [9.17, 15) is 5.11 Å². The number of hydrogen-bond acceptors (Lipinski definition) is 4. The first-order valence-electron chi connectivity index (χ1n) is 10.7. The molecule has 2 atom stereocenters. The van der Waals surface area contributed by atoms with Crippen LogP contribution in [0.3, 0.4) is 0 Å². The maximum Gasteiger partial charge on any atom is 0.161 e. The van der Waals surface area contributed by atoms with Gasteiger partial charge >= 0.3 is 0 Å². The summed E-state index contributed by atoms with van der Waals surface area (Å²) in [5.41, 5.74) is 2.83. The standard InChI is InChI=1S/C26H28Cl3NO3/c1-4-23(18-9-11-25(32-2)26(14-18)33-3)30(15-17-8-10-21(28)22(29)12-17)16-24(31)19-6-5-7-20(27)13-19/h5-14,23-24,31H,4,15-16H2,1-3H3/t23-,24?/m1/s1. The van der Waals surface area contributed by atoms with Crippen LogP contribution in [-0.4, -0.2) is 30.8 Å². The van der Waals surface area contributed by atoms with Crippen molar-refractivity contribution in [3.8, 4) is 11.5 Å². The molecule has 0 aliphatic rings. The SMILES string of the molecule is CC[C@H](c1ccc(OC)c(OC)c1)N(Cc1ccc(Cl)c(Cl)c1)CC(O)c1cccc(Cl)c1. The zero-order valence-corrected chi connectivity index (χ0v) is 21.2. The molecule has 4 nitrogen and oxygen atoms in total. The van der Waals surface area contributed by atoms with E-state index in [2.05, 4.69) is 11.8 Å². The minimum atomic E-state index is -0.722. The average Bonchev–Trinajstić information content (AvgIpc) is 2.81. The molecule has 0 saturated carbocycles. The Kier molecular flexibility index (Phi) is 9.30. The van der Waals surface area contributed by atoms with Crippen LogP contribution in [0.4, 0.5) is 0 Å². The molecule has 3 rings (SSSR count). The first-order chi connectivity index (χ1) is 15.9. The highest BCUT2D eigenvalue weighted by Crippen LogP contribution is 2.35. The molecule has 0 aliphatic carbocycles. The lowest BCUT2D eigenvalue weighted by Crippen LogP contribution is -2.32. The van der Waals surface area contributed by atoms with Crippen LogP contribution in [0.2, 0.25) is 15.1 Å². The number of aliphatic hydroxyl groups is 1. The van der Waals surface area contributed by atoms with E-state index in [-0.39, 0.29) is 6.04 Å². The molecule has 0 spiro atoms. The number of nitrogens with zero attached hydrogens (tertiary/aromatic N) is 1. The Morgan fingerprint density at radius 1 is 0.848 bits per heavy atom. The van der Waals surface area contributed by atoms with Gasteiger partial charge in [-0.05, 0) is 59.5 Å². The summed E-state index contributed by atoms with van der Waals surface area (Å²) in [6, 6.07) is 18.9. The number of methoxy groups -OCH3 is 2. The molecule has 1 N–H and O–H groups in total. The molecule has 0 aromatic heterocycles. The highest BCUT2D eigenvalue weighted by Gasteiger charge is 2.24. The highest BCUT2D eigenvalue weighted by atomic mass is 35.5. The summed E-state index contributed by atoms with van der Waals surface area (Å²) in [5.74, 6) is 1.34. The minimum absolute atomic E-state index is 0.00749. The van der Waals surface area contributed by atoms with Crippen LogP contribution >= 0.6 is 34.8 Å². The van der Waals surface area contributed by atoms with Crippen molar-refractivity contribution in [3.05, 3.63) is 92.4 Å². The second-order valence-corrected chi connectivity index (χ2v) is 9.04. The van der Waals surface area contributed by atoms with Crippen molar-refractivity contribution in [3.63, 3.8) is 0 Å². The fourth-order valence-electron chi connectivity index (χ4n) is 3.98. The molecule has 33 heavy (non-hydrogen) atoms. The van der Waals surface area contributed by atoms with Gasteiger partial charge in [-0.1, -0.05) is 66.0 Å². The Morgan fingerprint density at radius 2 is 1.61 bits per heavy atom. The van der Waals surface area contributed by atoms with E-state index in [0.29, 0.717) is 39.7 Å². The number of benzene rings is 3. The Morgan fingerprint density at radius 3 is 2.24 bits per heavy atom. The smallest absolute Gasteiger partial charge is 0.161 e. The molecule has 3 aromatic rings. The van der Waals surface area contributed by atoms with Crippen molar-refractivity contribution < 1.29 is 14.6 Å². The third-order valence-corrected chi connectivity index (χ3v) is 6.60. The second kappa shape index (κ2) is 12.0. The first-order valence-corrected chi connectivity index (χ1v) is 11.8. The Balaban J connectivity index is 1.97. The van der Waals surface area contributed by atoms with Crippen molar-refractivity contribution in [2.75, 3.05) is 20.8 Å². The van der Waals surface area contributed by atoms with Gasteiger partial charge in [0.25, 0.3) is 0 Å². The van der Waals surface area contributed by atoms with Gasteiger partial charge in [-0.2, -0.15) is 0 Å². The zero-order chi connectivity index (χ0) is 24.0. The van der Waals surface area contributed by atoms with Gasteiger partial charge in [0.2, 0.25) is 0 Å². The zero-order valence-electron chi connectivity index (χ0n) is 18.9. The van der Waals surface area contributed by atoms with Crippen LogP contribution < -0.4 is 9.47 Å². The maximum absolute atomic E-state index is 11.1. The topological polar surface area (TPSA) is 41.9 Å². The number of hydrogen-bond donors (Lipinski definition) is 1. The van der Waals surface area contributed by atoms with Crippen molar-refractivity contribution in [2.45, 2.75) is 32.0 Å². The second-order valence-electron chi connectivity index (χ2n) is 7.79. The predicted octanol–water partition coefficient (Wildman–Crippen LogP) is 7.35. The lowest BCUT2D eigenvalue weighted by Gasteiger charge is -2.33. The third-order valence-electron chi connectivity index (χ3n) is 5.63. The summed E-state index contributed by atoms with van der Waals surface area (Å²) in [5, 5.41) is 12.7. The summed E-state index contributed by atoms with van der Waals surface area (Å²) in [4.78, 5) is 2.23. The highest BCUT2D eigenvalue weighted by molar-refractivity contribution is 6.42. The number of ether oxygens (including phenoxy) is 2. The van der Waals surface area contributed by atoms with Crippen molar-refractivity contribution in [2.24, 2.45) is 0 Å². The van der Waals surface area contributed by atoms with E-state index in [1.54, 1.807) is 32.4 Å². The van der Waals surface area contributed by atoms with E-state index in [4.69, 9.17) is 44.3 Å². The van der Waals surface area contributed by atoms with Crippen molar-refractivity contribution in [1.82, 2.24) is 4.90 Å². The molecule has 0 heterocycles. The largest absolute Gasteiger partial charge is 0.493 e. The summed E-state index contributed by atoms with van der Waals surface area (Å²) >= 11 is 18.6. The number of rotatable bonds is 10. The average molecular weight is 509 g/mol. The van der Waals surface area contributed by atoms with Crippen LogP contribution in [0.15, 0.2) is 60.7 Å².